The fourth-order valence-electron chi connectivity index (χ4n) is 2.75. The lowest BCUT2D eigenvalue weighted by molar-refractivity contribution is -0.153. The van der Waals surface area contributed by atoms with Crippen molar-refractivity contribution in [3.63, 3.8) is 0 Å². The van der Waals surface area contributed by atoms with E-state index in [1.807, 2.05) is 0 Å². The summed E-state index contributed by atoms with van der Waals surface area (Å²) in [6.07, 6.45) is -3.45. The molecule has 1 heterocycles. The summed E-state index contributed by atoms with van der Waals surface area (Å²) in [4.78, 5) is 7.90. The molecule has 0 unspecified atom stereocenters. The molecular weight excluding hydrogens is 499 g/mol. The number of sulfone groups is 1. The van der Waals surface area contributed by atoms with Crippen LogP contribution in [0.3, 0.4) is 0 Å². The van der Waals surface area contributed by atoms with Crippen LogP contribution in [0.25, 0.3) is 0 Å². The zero-order valence-electron chi connectivity index (χ0n) is 18.0. The number of halogens is 5. The minimum absolute atomic E-state index is 0.0381. The Morgan fingerprint density at radius 3 is 2.23 bits per heavy atom. The maximum atomic E-state index is 12.7. The maximum absolute atomic E-state index is 12.7. The Balaban J connectivity index is 1.84. The second kappa shape index (κ2) is 10.7. The summed E-state index contributed by atoms with van der Waals surface area (Å²) in [6.45, 7) is -3.10. The van der Waals surface area contributed by atoms with Crippen LogP contribution in [0.2, 0.25) is 0 Å². The molecule has 2 aromatic carbocycles. The molecule has 0 saturated heterocycles. The third-order valence-corrected chi connectivity index (χ3v) is 6.10. The smallest absolute Gasteiger partial charge is 0.422 e. The van der Waals surface area contributed by atoms with E-state index < -0.39 is 29.2 Å². The first kappa shape index (κ1) is 25.9. The van der Waals surface area contributed by atoms with E-state index in [0.717, 1.165) is 24.5 Å². The number of benzene rings is 2. The van der Waals surface area contributed by atoms with Crippen LogP contribution in [-0.2, 0) is 9.84 Å². The van der Waals surface area contributed by atoms with Gasteiger partial charge in [0.05, 0.1) is 16.3 Å². The van der Waals surface area contributed by atoms with Gasteiger partial charge in [0.15, 0.2) is 16.4 Å². The average molecular weight is 518 g/mol. The molecule has 2 N–H and O–H groups in total. The minimum Gasteiger partial charge on any atom is -0.482 e. The Morgan fingerprint density at radius 1 is 0.971 bits per heavy atom. The van der Waals surface area contributed by atoms with Crippen molar-refractivity contribution in [3.8, 4) is 11.5 Å². The number of anilines is 4. The third-order valence-electron chi connectivity index (χ3n) is 4.36. The highest BCUT2D eigenvalue weighted by atomic mass is 32.2. The lowest BCUT2D eigenvalue weighted by atomic mass is 10.3. The van der Waals surface area contributed by atoms with E-state index in [1.54, 1.807) is 0 Å². The lowest BCUT2D eigenvalue weighted by Gasteiger charge is -2.16. The highest BCUT2D eigenvalue weighted by Gasteiger charge is 2.29. The molecule has 0 atom stereocenters. The van der Waals surface area contributed by atoms with Gasteiger partial charge in [-0.3, -0.25) is 0 Å². The molecular formula is C21H19F5N4O4S. The summed E-state index contributed by atoms with van der Waals surface area (Å²) in [5.41, 5.74) is 0.420. The summed E-state index contributed by atoms with van der Waals surface area (Å²) in [5.74, 6) is -0.120. The molecule has 188 valence electrons. The Kier molecular flexibility index (Phi) is 7.94. The molecule has 0 aliphatic heterocycles. The van der Waals surface area contributed by atoms with E-state index in [1.165, 1.54) is 37.3 Å². The Hall–Kier alpha value is -3.68. The molecule has 3 rings (SSSR count). The Labute approximate surface area is 197 Å². The topological polar surface area (TPSA) is 102 Å². The molecule has 0 spiro atoms. The van der Waals surface area contributed by atoms with E-state index in [2.05, 4.69) is 25.3 Å². The van der Waals surface area contributed by atoms with Crippen LogP contribution in [0, 0.1) is 0 Å². The van der Waals surface area contributed by atoms with Crippen LogP contribution in [-0.4, -0.2) is 43.5 Å². The number of alkyl halides is 5. The minimum atomic E-state index is -4.60. The molecule has 35 heavy (non-hydrogen) atoms. The van der Waals surface area contributed by atoms with Gasteiger partial charge < -0.3 is 20.1 Å². The fraction of sp³-hybridized carbons (Fsp3) is 0.238. The molecule has 8 nitrogen and oxygen atoms in total. The van der Waals surface area contributed by atoms with E-state index in [0.29, 0.717) is 5.69 Å². The van der Waals surface area contributed by atoms with Crippen LogP contribution in [0.1, 0.15) is 6.92 Å². The average Bonchev–Trinajstić information content (AvgIpc) is 2.79. The SMILES string of the molecule is CCS(=O)(=O)c1ccc(OCC(F)(F)F)c(Nc2cc(Nc3ccc(OC(F)F)cc3)ncn2)c1. The summed E-state index contributed by atoms with van der Waals surface area (Å²) in [7, 11) is -3.65. The largest absolute Gasteiger partial charge is 0.482 e. The van der Waals surface area contributed by atoms with Crippen LogP contribution < -0.4 is 20.1 Å². The van der Waals surface area contributed by atoms with E-state index in [-0.39, 0.29) is 39.5 Å². The Morgan fingerprint density at radius 2 is 1.63 bits per heavy atom. The Bertz CT molecular complexity index is 1260. The predicted molar refractivity (Wildman–Crippen MR) is 117 cm³/mol. The quantitative estimate of drug-likeness (QED) is 0.349. The van der Waals surface area contributed by atoms with E-state index >= 15 is 0 Å². The first-order chi connectivity index (χ1) is 16.4. The summed E-state index contributed by atoms with van der Waals surface area (Å²) in [5, 5.41) is 5.66. The molecule has 0 saturated carbocycles. The van der Waals surface area contributed by atoms with Crippen molar-refractivity contribution in [1.29, 1.82) is 0 Å². The van der Waals surface area contributed by atoms with Gasteiger partial charge in [0.1, 0.15) is 29.5 Å². The standard InChI is InChI=1S/C21H19F5N4O4S/c1-2-35(31,32)15-7-8-17(33-11-21(24,25)26)16(9-15)30-19-10-18(27-12-28-19)29-13-3-5-14(6-4-13)34-20(22)23/h3-10,12,20H,2,11H2,1H3,(H2,27,28,29,30). The second-order valence-electron chi connectivity index (χ2n) is 6.91. The molecule has 0 aliphatic rings. The van der Waals surface area contributed by atoms with Crippen molar-refractivity contribution in [1.82, 2.24) is 9.97 Å². The summed E-state index contributed by atoms with van der Waals surface area (Å²) < 4.78 is 96.1. The monoisotopic (exact) mass is 518 g/mol. The van der Waals surface area contributed by atoms with Gasteiger partial charge in [-0.1, -0.05) is 6.92 Å². The van der Waals surface area contributed by atoms with Gasteiger partial charge in [-0.2, -0.15) is 22.0 Å². The number of nitrogens with one attached hydrogen (secondary N) is 2. The van der Waals surface area contributed by atoms with Crippen molar-refractivity contribution in [2.24, 2.45) is 0 Å². The zero-order chi connectivity index (χ0) is 25.6. The number of aromatic nitrogens is 2. The van der Waals surface area contributed by atoms with Gasteiger partial charge in [0.25, 0.3) is 0 Å². The van der Waals surface area contributed by atoms with Crippen molar-refractivity contribution in [2.75, 3.05) is 23.0 Å². The molecule has 0 fully saturated rings. The first-order valence-electron chi connectivity index (χ1n) is 9.92. The molecule has 0 amide bonds. The van der Waals surface area contributed by atoms with Gasteiger partial charge >= 0.3 is 12.8 Å². The van der Waals surface area contributed by atoms with Crippen LogP contribution in [0.5, 0.6) is 11.5 Å². The van der Waals surface area contributed by atoms with Crippen molar-refractivity contribution in [2.45, 2.75) is 24.6 Å². The third kappa shape index (κ3) is 7.67. The van der Waals surface area contributed by atoms with Gasteiger partial charge in [0.2, 0.25) is 0 Å². The van der Waals surface area contributed by atoms with E-state index in [9.17, 15) is 30.4 Å². The lowest BCUT2D eigenvalue weighted by Crippen LogP contribution is -2.19. The molecule has 3 aromatic rings. The second-order valence-corrected chi connectivity index (χ2v) is 9.18. The van der Waals surface area contributed by atoms with Crippen molar-refractivity contribution in [3.05, 3.63) is 54.9 Å². The number of hydrogen-bond donors (Lipinski definition) is 2. The normalized spacial score (nSPS) is 11.9. The van der Waals surface area contributed by atoms with Crippen LogP contribution in [0.15, 0.2) is 59.8 Å². The molecule has 0 aliphatic carbocycles. The zero-order valence-corrected chi connectivity index (χ0v) is 18.8. The van der Waals surface area contributed by atoms with Gasteiger partial charge in [0, 0.05) is 11.8 Å². The first-order valence-corrected chi connectivity index (χ1v) is 11.6. The van der Waals surface area contributed by atoms with Crippen molar-refractivity contribution >= 4 is 32.8 Å². The van der Waals surface area contributed by atoms with Crippen molar-refractivity contribution < 1.29 is 39.8 Å². The van der Waals surface area contributed by atoms with E-state index in [4.69, 9.17) is 4.74 Å². The molecule has 0 bridgehead atoms. The van der Waals surface area contributed by atoms with Gasteiger partial charge in [-0.25, -0.2) is 18.4 Å². The maximum Gasteiger partial charge on any atom is 0.422 e. The fourth-order valence-corrected chi connectivity index (χ4v) is 3.66. The molecule has 0 radical (unpaired) electrons. The number of nitrogens with zero attached hydrogens (tertiary/aromatic N) is 2. The number of ether oxygens (including phenoxy) is 2. The summed E-state index contributed by atoms with van der Waals surface area (Å²) >= 11 is 0. The number of hydrogen-bond acceptors (Lipinski definition) is 8. The predicted octanol–water partition coefficient (Wildman–Crippen LogP) is 5.30. The highest BCUT2D eigenvalue weighted by molar-refractivity contribution is 7.91. The van der Waals surface area contributed by atoms with Gasteiger partial charge in [-0.15, -0.1) is 0 Å². The van der Waals surface area contributed by atoms with Crippen LogP contribution in [0.4, 0.5) is 45.0 Å². The molecule has 14 heteroatoms. The van der Waals surface area contributed by atoms with Crippen LogP contribution >= 0.6 is 0 Å². The highest BCUT2D eigenvalue weighted by Crippen LogP contribution is 2.32. The van der Waals surface area contributed by atoms with Gasteiger partial charge in [-0.05, 0) is 42.5 Å². The number of rotatable bonds is 10. The molecule has 1 aromatic heterocycles. The summed E-state index contributed by atoms with van der Waals surface area (Å²) in [6, 6.07) is 10.4.